The summed E-state index contributed by atoms with van der Waals surface area (Å²) in [4.78, 5) is 0. The van der Waals surface area contributed by atoms with Gasteiger partial charge >= 0.3 is 0 Å². The predicted molar refractivity (Wildman–Crippen MR) is 53.3 cm³/mol. The molecule has 3 nitrogen and oxygen atoms in total. The van der Waals surface area contributed by atoms with Crippen molar-refractivity contribution in [1.29, 1.82) is 0 Å². The fraction of sp³-hybridized carbons (Fsp3) is 1.00. The molecule has 1 fully saturated rings. The van der Waals surface area contributed by atoms with Crippen molar-refractivity contribution in [3.8, 4) is 0 Å². The van der Waals surface area contributed by atoms with Gasteiger partial charge in [-0.15, -0.1) is 0 Å². The van der Waals surface area contributed by atoms with Crippen LogP contribution in [0.2, 0.25) is 0 Å². The average molecular weight is 223 g/mol. The van der Waals surface area contributed by atoms with E-state index in [1.165, 1.54) is 0 Å². The highest BCUT2D eigenvalue weighted by Gasteiger charge is 2.18. The van der Waals surface area contributed by atoms with Gasteiger partial charge in [-0.2, -0.15) is 0 Å². The van der Waals surface area contributed by atoms with E-state index in [9.17, 15) is 8.78 Å². The van der Waals surface area contributed by atoms with E-state index >= 15 is 0 Å². The minimum Gasteiger partial charge on any atom is -0.378 e. The number of hydrogen-bond donors (Lipinski definition) is 1. The van der Waals surface area contributed by atoms with Crippen molar-refractivity contribution in [3.05, 3.63) is 0 Å². The molecule has 0 spiro atoms. The van der Waals surface area contributed by atoms with Gasteiger partial charge in [0, 0.05) is 19.2 Å². The normalized spacial score (nSPS) is 27.2. The Balaban J connectivity index is 1.95. The molecular formula is C10H19F2NO2. The lowest BCUT2D eigenvalue weighted by Crippen LogP contribution is -2.39. The quantitative estimate of drug-likeness (QED) is 0.691. The van der Waals surface area contributed by atoms with Crippen LogP contribution in [0.1, 0.15) is 19.8 Å². The van der Waals surface area contributed by atoms with Gasteiger partial charge in [0.05, 0.1) is 12.7 Å². The van der Waals surface area contributed by atoms with Crippen LogP contribution in [0, 0.1) is 0 Å². The number of halogens is 2. The predicted octanol–water partition coefficient (Wildman–Crippen LogP) is 1.43. The molecule has 1 heterocycles. The maximum absolute atomic E-state index is 11.7. The molecule has 1 aliphatic heterocycles. The molecule has 0 aliphatic carbocycles. The van der Waals surface area contributed by atoms with Crippen LogP contribution in [-0.4, -0.2) is 44.9 Å². The number of rotatable bonds is 6. The summed E-state index contributed by atoms with van der Waals surface area (Å²) in [6.07, 6.45) is -0.111. The lowest BCUT2D eigenvalue weighted by atomic mass is 10.0. The summed E-state index contributed by atoms with van der Waals surface area (Å²) in [5, 5.41) is 3.28. The number of hydrogen-bond acceptors (Lipinski definition) is 3. The first-order chi connectivity index (χ1) is 7.18. The fourth-order valence-corrected chi connectivity index (χ4v) is 1.69. The van der Waals surface area contributed by atoms with E-state index in [-0.39, 0.29) is 0 Å². The van der Waals surface area contributed by atoms with Gasteiger partial charge in [-0.1, -0.05) is 0 Å². The third-order valence-electron chi connectivity index (χ3n) is 2.41. The first-order valence-corrected chi connectivity index (χ1v) is 5.39. The molecule has 1 aliphatic rings. The molecular weight excluding hydrogens is 204 g/mol. The summed E-state index contributed by atoms with van der Waals surface area (Å²) in [6.45, 7) is 3.32. The van der Waals surface area contributed by atoms with Crippen molar-refractivity contribution in [2.45, 2.75) is 38.3 Å². The summed E-state index contributed by atoms with van der Waals surface area (Å²) in [6, 6.07) is 0.434. The van der Waals surface area contributed by atoms with Crippen LogP contribution >= 0.6 is 0 Å². The summed E-state index contributed by atoms with van der Waals surface area (Å²) in [7, 11) is 0. The van der Waals surface area contributed by atoms with Crippen LogP contribution in [0.25, 0.3) is 0 Å². The van der Waals surface area contributed by atoms with Crippen molar-refractivity contribution in [2.75, 3.05) is 26.4 Å². The minimum absolute atomic E-state index is 0.290. The van der Waals surface area contributed by atoms with Crippen LogP contribution in [-0.2, 0) is 9.47 Å². The van der Waals surface area contributed by atoms with Crippen LogP contribution in [0.4, 0.5) is 8.78 Å². The summed E-state index contributed by atoms with van der Waals surface area (Å²) >= 11 is 0. The van der Waals surface area contributed by atoms with Gasteiger partial charge in [0.1, 0.15) is 6.61 Å². The van der Waals surface area contributed by atoms with Crippen molar-refractivity contribution in [1.82, 2.24) is 5.32 Å². The highest BCUT2D eigenvalue weighted by atomic mass is 19.3. The Morgan fingerprint density at radius 1 is 1.53 bits per heavy atom. The zero-order valence-electron chi connectivity index (χ0n) is 9.05. The molecule has 15 heavy (non-hydrogen) atoms. The second kappa shape index (κ2) is 7.09. The Hall–Kier alpha value is -0.260. The third kappa shape index (κ3) is 6.02. The van der Waals surface area contributed by atoms with Crippen molar-refractivity contribution >= 4 is 0 Å². The largest absolute Gasteiger partial charge is 0.378 e. The molecule has 0 aromatic heterocycles. The molecule has 0 aromatic rings. The first kappa shape index (κ1) is 12.8. The van der Waals surface area contributed by atoms with Gasteiger partial charge in [-0.05, 0) is 19.8 Å². The SMILES string of the molecule is CC1CC(NCCOCC(F)F)CCO1. The van der Waals surface area contributed by atoms with Crippen molar-refractivity contribution in [3.63, 3.8) is 0 Å². The average Bonchev–Trinajstić information content (AvgIpc) is 2.17. The monoisotopic (exact) mass is 223 g/mol. The molecule has 5 heteroatoms. The summed E-state index contributed by atoms with van der Waals surface area (Å²) < 4.78 is 33.6. The molecule has 2 unspecified atom stereocenters. The van der Waals surface area contributed by atoms with E-state index in [4.69, 9.17) is 9.47 Å². The zero-order valence-corrected chi connectivity index (χ0v) is 9.05. The molecule has 1 N–H and O–H groups in total. The Labute approximate surface area is 89.1 Å². The molecule has 0 amide bonds. The molecule has 0 aromatic carbocycles. The maximum atomic E-state index is 11.7. The van der Waals surface area contributed by atoms with Crippen molar-refractivity contribution in [2.24, 2.45) is 0 Å². The van der Waals surface area contributed by atoms with E-state index in [0.717, 1.165) is 19.4 Å². The lowest BCUT2D eigenvalue weighted by Gasteiger charge is -2.28. The smallest absolute Gasteiger partial charge is 0.261 e. The highest BCUT2D eigenvalue weighted by Crippen LogP contribution is 2.12. The van der Waals surface area contributed by atoms with E-state index in [1.54, 1.807) is 0 Å². The van der Waals surface area contributed by atoms with Crippen molar-refractivity contribution < 1.29 is 18.3 Å². The van der Waals surface area contributed by atoms with Crippen LogP contribution in [0.3, 0.4) is 0 Å². The zero-order chi connectivity index (χ0) is 11.1. The topological polar surface area (TPSA) is 30.5 Å². The highest BCUT2D eigenvalue weighted by molar-refractivity contribution is 4.74. The van der Waals surface area contributed by atoms with Gasteiger partial charge in [-0.3, -0.25) is 0 Å². The van der Waals surface area contributed by atoms with E-state index in [2.05, 4.69) is 5.32 Å². The molecule has 0 radical (unpaired) electrons. The maximum Gasteiger partial charge on any atom is 0.261 e. The molecule has 1 rings (SSSR count). The second-order valence-corrected chi connectivity index (χ2v) is 3.82. The Kier molecular flexibility index (Phi) is 6.05. The number of alkyl halides is 2. The van der Waals surface area contributed by atoms with E-state index in [0.29, 0.717) is 25.3 Å². The van der Waals surface area contributed by atoms with E-state index < -0.39 is 13.0 Å². The third-order valence-corrected chi connectivity index (χ3v) is 2.41. The lowest BCUT2D eigenvalue weighted by molar-refractivity contribution is 0.00456. The summed E-state index contributed by atoms with van der Waals surface area (Å²) in [5.41, 5.74) is 0. The standard InChI is InChI=1S/C10H19F2NO2/c1-8-6-9(2-4-15-8)13-3-5-14-7-10(11)12/h8-10,13H,2-7H2,1H3. The van der Waals surface area contributed by atoms with Gasteiger partial charge in [-0.25, -0.2) is 8.78 Å². The number of nitrogens with one attached hydrogen (secondary N) is 1. The molecule has 0 bridgehead atoms. The van der Waals surface area contributed by atoms with Gasteiger partial charge < -0.3 is 14.8 Å². The number of ether oxygens (including phenoxy) is 2. The second-order valence-electron chi connectivity index (χ2n) is 3.82. The summed E-state index contributed by atoms with van der Waals surface area (Å²) in [5.74, 6) is 0. The van der Waals surface area contributed by atoms with Crippen LogP contribution in [0.15, 0.2) is 0 Å². The molecule has 90 valence electrons. The van der Waals surface area contributed by atoms with E-state index in [1.807, 2.05) is 6.92 Å². The first-order valence-electron chi connectivity index (χ1n) is 5.39. The van der Waals surface area contributed by atoms with Crippen LogP contribution in [0.5, 0.6) is 0 Å². The van der Waals surface area contributed by atoms with Gasteiger partial charge in [0.2, 0.25) is 0 Å². The Bertz CT molecular complexity index is 170. The van der Waals surface area contributed by atoms with Gasteiger partial charge in [0.15, 0.2) is 0 Å². The molecule has 0 saturated carbocycles. The minimum atomic E-state index is -2.37. The van der Waals surface area contributed by atoms with Gasteiger partial charge in [0.25, 0.3) is 6.43 Å². The molecule has 1 saturated heterocycles. The Morgan fingerprint density at radius 3 is 3.00 bits per heavy atom. The van der Waals surface area contributed by atoms with Crippen LogP contribution < -0.4 is 5.32 Å². The Morgan fingerprint density at radius 2 is 2.33 bits per heavy atom. The fourth-order valence-electron chi connectivity index (χ4n) is 1.69. The molecule has 2 atom stereocenters.